The Bertz CT molecular complexity index is 372. The van der Waals surface area contributed by atoms with E-state index >= 15 is 0 Å². The van der Waals surface area contributed by atoms with E-state index in [9.17, 15) is 4.79 Å². The fourth-order valence-corrected chi connectivity index (χ4v) is 1.58. The van der Waals surface area contributed by atoms with Crippen LogP contribution >= 0.6 is 0 Å². The van der Waals surface area contributed by atoms with Gasteiger partial charge in [-0.05, 0) is 37.0 Å². The fourth-order valence-electron chi connectivity index (χ4n) is 1.58. The fraction of sp³-hybridized carbons (Fsp3) is 0.462. The minimum atomic E-state index is -0.0546. The molecule has 0 aliphatic heterocycles. The van der Waals surface area contributed by atoms with Gasteiger partial charge in [0.05, 0.1) is 7.11 Å². The quantitative estimate of drug-likeness (QED) is 0.814. The van der Waals surface area contributed by atoms with Crippen molar-refractivity contribution >= 4 is 6.03 Å². The molecule has 1 aromatic carbocycles. The first kappa shape index (κ1) is 11.8. The van der Waals surface area contributed by atoms with Crippen molar-refractivity contribution in [1.29, 1.82) is 0 Å². The maximum Gasteiger partial charge on any atom is 0.315 e. The van der Waals surface area contributed by atoms with E-state index in [2.05, 4.69) is 10.6 Å². The van der Waals surface area contributed by atoms with E-state index in [0.29, 0.717) is 12.6 Å². The van der Waals surface area contributed by atoms with Crippen LogP contribution in [0.5, 0.6) is 5.75 Å². The molecular formula is C13H18N2O2. The molecule has 17 heavy (non-hydrogen) atoms. The van der Waals surface area contributed by atoms with Crippen molar-refractivity contribution in [2.75, 3.05) is 13.7 Å². The van der Waals surface area contributed by atoms with Crippen LogP contribution in [0.15, 0.2) is 24.3 Å². The van der Waals surface area contributed by atoms with Crippen LogP contribution in [0.25, 0.3) is 0 Å². The van der Waals surface area contributed by atoms with E-state index in [1.165, 1.54) is 5.56 Å². The van der Waals surface area contributed by atoms with Crippen LogP contribution in [-0.4, -0.2) is 25.7 Å². The van der Waals surface area contributed by atoms with Gasteiger partial charge >= 0.3 is 6.03 Å². The molecule has 1 aliphatic rings. The van der Waals surface area contributed by atoms with Crippen LogP contribution in [0, 0.1) is 0 Å². The third-order valence-electron chi connectivity index (χ3n) is 2.77. The second-order valence-electron chi connectivity index (χ2n) is 4.27. The number of amides is 2. The first-order valence-corrected chi connectivity index (χ1v) is 5.95. The zero-order valence-corrected chi connectivity index (χ0v) is 10.0. The van der Waals surface area contributed by atoms with Crippen molar-refractivity contribution in [2.45, 2.75) is 25.3 Å². The van der Waals surface area contributed by atoms with Gasteiger partial charge in [0.25, 0.3) is 0 Å². The summed E-state index contributed by atoms with van der Waals surface area (Å²) in [5.74, 6) is 0.855. The van der Waals surface area contributed by atoms with Crippen LogP contribution in [0.1, 0.15) is 18.4 Å². The van der Waals surface area contributed by atoms with E-state index < -0.39 is 0 Å². The van der Waals surface area contributed by atoms with Gasteiger partial charge in [0.1, 0.15) is 5.75 Å². The Kier molecular flexibility index (Phi) is 3.85. The molecule has 0 radical (unpaired) electrons. The van der Waals surface area contributed by atoms with Crippen molar-refractivity contribution in [3.05, 3.63) is 29.8 Å². The highest BCUT2D eigenvalue weighted by molar-refractivity contribution is 5.74. The molecule has 0 heterocycles. The number of nitrogens with one attached hydrogen (secondary N) is 2. The van der Waals surface area contributed by atoms with Gasteiger partial charge in [-0.15, -0.1) is 0 Å². The summed E-state index contributed by atoms with van der Waals surface area (Å²) in [7, 11) is 1.65. The maximum absolute atomic E-state index is 11.3. The third-order valence-corrected chi connectivity index (χ3v) is 2.77. The van der Waals surface area contributed by atoms with E-state index in [-0.39, 0.29) is 6.03 Å². The molecule has 4 nitrogen and oxygen atoms in total. The van der Waals surface area contributed by atoms with Crippen LogP contribution < -0.4 is 15.4 Å². The number of hydrogen-bond donors (Lipinski definition) is 2. The van der Waals surface area contributed by atoms with Crippen molar-refractivity contribution < 1.29 is 9.53 Å². The van der Waals surface area contributed by atoms with E-state index in [0.717, 1.165) is 25.0 Å². The highest BCUT2D eigenvalue weighted by Crippen LogP contribution is 2.18. The van der Waals surface area contributed by atoms with Crippen LogP contribution in [-0.2, 0) is 6.42 Å². The molecule has 0 aromatic heterocycles. The second kappa shape index (κ2) is 5.57. The Labute approximate surface area is 101 Å². The molecule has 0 atom stereocenters. The summed E-state index contributed by atoms with van der Waals surface area (Å²) < 4.78 is 5.08. The molecule has 0 spiro atoms. The monoisotopic (exact) mass is 234 g/mol. The van der Waals surface area contributed by atoms with Gasteiger partial charge in [-0.3, -0.25) is 0 Å². The minimum absolute atomic E-state index is 0.0546. The molecule has 0 unspecified atom stereocenters. The summed E-state index contributed by atoms with van der Waals surface area (Å²) in [5.41, 5.74) is 1.19. The Morgan fingerprint density at radius 1 is 1.35 bits per heavy atom. The normalized spacial score (nSPS) is 14.2. The smallest absolute Gasteiger partial charge is 0.315 e. The van der Waals surface area contributed by atoms with Gasteiger partial charge in [0, 0.05) is 12.6 Å². The number of urea groups is 1. The highest BCUT2D eigenvalue weighted by atomic mass is 16.5. The van der Waals surface area contributed by atoms with E-state index in [1.54, 1.807) is 7.11 Å². The largest absolute Gasteiger partial charge is 0.497 e. The molecule has 0 bridgehead atoms. The minimum Gasteiger partial charge on any atom is -0.497 e. The van der Waals surface area contributed by atoms with Gasteiger partial charge in [-0.25, -0.2) is 4.79 Å². The topological polar surface area (TPSA) is 50.4 Å². The average molecular weight is 234 g/mol. The summed E-state index contributed by atoms with van der Waals surface area (Å²) in [6, 6.07) is 8.25. The molecule has 1 saturated carbocycles. The Morgan fingerprint density at radius 2 is 2.06 bits per heavy atom. The lowest BCUT2D eigenvalue weighted by Gasteiger charge is -2.07. The summed E-state index contributed by atoms with van der Waals surface area (Å²) in [5, 5.41) is 5.74. The van der Waals surface area contributed by atoms with E-state index in [4.69, 9.17) is 4.74 Å². The molecule has 2 rings (SSSR count). The van der Waals surface area contributed by atoms with Crippen molar-refractivity contribution in [3.8, 4) is 5.75 Å². The summed E-state index contributed by atoms with van der Waals surface area (Å²) in [6.45, 7) is 0.658. The number of ether oxygens (including phenoxy) is 1. The lowest BCUT2D eigenvalue weighted by Crippen LogP contribution is -2.37. The van der Waals surface area contributed by atoms with Gasteiger partial charge in [0.2, 0.25) is 0 Å². The third kappa shape index (κ3) is 3.98. The van der Waals surface area contributed by atoms with E-state index in [1.807, 2.05) is 24.3 Å². The number of hydrogen-bond acceptors (Lipinski definition) is 2. The van der Waals surface area contributed by atoms with Gasteiger partial charge in [0.15, 0.2) is 0 Å². The molecule has 0 saturated heterocycles. The number of carbonyl (C=O) groups excluding carboxylic acids is 1. The Morgan fingerprint density at radius 3 is 2.65 bits per heavy atom. The van der Waals surface area contributed by atoms with Gasteiger partial charge < -0.3 is 15.4 Å². The first-order valence-electron chi connectivity index (χ1n) is 5.95. The molecule has 1 aliphatic carbocycles. The molecule has 4 heteroatoms. The summed E-state index contributed by atoms with van der Waals surface area (Å²) in [6.07, 6.45) is 3.07. The summed E-state index contributed by atoms with van der Waals surface area (Å²) >= 11 is 0. The molecular weight excluding hydrogens is 216 g/mol. The van der Waals surface area contributed by atoms with Crippen LogP contribution in [0.2, 0.25) is 0 Å². The number of rotatable bonds is 5. The zero-order valence-electron chi connectivity index (χ0n) is 10.0. The summed E-state index contributed by atoms with van der Waals surface area (Å²) in [4.78, 5) is 11.3. The maximum atomic E-state index is 11.3. The molecule has 2 amide bonds. The molecule has 92 valence electrons. The average Bonchev–Trinajstić information content (AvgIpc) is 3.14. The Balaban J connectivity index is 1.67. The molecule has 1 fully saturated rings. The van der Waals surface area contributed by atoms with Crippen LogP contribution in [0.3, 0.4) is 0 Å². The molecule has 2 N–H and O–H groups in total. The predicted molar refractivity (Wildman–Crippen MR) is 66.3 cm³/mol. The Hall–Kier alpha value is -1.71. The van der Waals surface area contributed by atoms with Gasteiger partial charge in [-0.1, -0.05) is 12.1 Å². The van der Waals surface area contributed by atoms with Crippen molar-refractivity contribution in [3.63, 3.8) is 0 Å². The predicted octanol–water partition coefficient (Wildman–Crippen LogP) is 1.70. The lowest BCUT2D eigenvalue weighted by molar-refractivity contribution is 0.240. The van der Waals surface area contributed by atoms with Crippen molar-refractivity contribution in [2.24, 2.45) is 0 Å². The second-order valence-corrected chi connectivity index (χ2v) is 4.27. The number of methoxy groups -OCH3 is 1. The molecule has 1 aromatic rings. The highest BCUT2D eigenvalue weighted by Gasteiger charge is 2.22. The van der Waals surface area contributed by atoms with Gasteiger partial charge in [-0.2, -0.15) is 0 Å². The first-order chi connectivity index (χ1) is 8.28. The van der Waals surface area contributed by atoms with Crippen molar-refractivity contribution in [1.82, 2.24) is 10.6 Å². The SMILES string of the molecule is COc1ccc(CCNC(=O)NC2CC2)cc1. The van der Waals surface area contributed by atoms with Crippen LogP contribution in [0.4, 0.5) is 4.79 Å². The number of benzene rings is 1. The standard InChI is InChI=1S/C13H18N2O2/c1-17-12-6-2-10(3-7-12)8-9-14-13(16)15-11-4-5-11/h2-3,6-7,11H,4-5,8-9H2,1H3,(H2,14,15,16). The zero-order chi connectivity index (χ0) is 12.1. The lowest BCUT2D eigenvalue weighted by atomic mass is 10.1. The number of carbonyl (C=O) groups is 1.